The predicted molar refractivity (Wildman–Crippen MR) is 24.5 cm³/mol. The van der Waals surface area contributed by atoms with E-state index in [4.69, 9.17) is 0 Å². The van der Waals surface area contributed by atoms with E-state index in [0.29, 0.717) is 0 Å². The van der Waals surface area contributed by atoms with Crippen molar-refractivity contribution in [2.75, 3.05) is 13.6 Å². The van der Waals surface area contributed by atoms with E-state index in [2.05, 4.69) is 34.6 Å². The Kier molecular flexibility index (Phi) is 6.60. The van der Waals surface area contributed by atoms with Gasteiger partial charge in [-0.2, -0.15) is 0 Å². The van der Waals surface area contributed by atoms with E-state index in [9.17, 15) is 0 Å². The van der Waals surface area contributed by atoms with Crippen molar-refractivity contribution in [2.45, 2.75) is 0 Å². The molecule has 3 nitrogen and oxygen atoms in total. The van der Waals surface area contributed by atoms with Crippen molar-refractivity contribution in [1.29, 1.82) is 0 Å². The molecule has 0 bridgehead atoms. The number of ether oxygens (including phenoxy) is 1. The van der Waals surface area contributed by atoms with E-state index >= 15 is 0 Å². The summed E-state index contributed by atoms with van der Waals surface area (Å²) in [5.74, 6) is 0. The predicted octanol–water partition coefficient (Wildman–Crippen LogP) is -0.882. The highest BCUT2D eigenvalue weighted by molar-refractivity contribution is 5.98. The Balaban J connectivity index is 2.45. The van der Waals surface area contributed by atoms with Crippen molar-refractivity contribution in [1.82, 2.24) is 0 Å². The lowest BCUT2D eigenvalue weighted by Crippen LogP contribution is -2.00. The van der Waals surface area contributed by atoms with E-state index < -0.39 is 0 Å². The molecule has 0 N–H and O–H groups in total. The maximum absolute atomic E-state index is 4.59. The average Bonchev–Trinajstić information content (AvgIpc) is 1.69. The summed E-state index contributed by atoms with van der Waals surface area (Å²) in [6.07, 6.45) is 0. The molecule has 0 heterocycles. The summed E-state index contributed by atoms with van der Waals surface area (Å²) >= 11 is 0. The lowest BCUT2D eigenvalue weighted by molar-refractivity contribution is -0.0485. The quantitative estimate of drug-likeness (QED) is 0.282. The average molecular weight is 132 g/mol. The van der Waals surface area contributed by atoms with Gasteiger partial charge in [0, 0.05) is 0 Å². The molecule has 0 fully saturated rings. The van der Waals surface area contributed by atoms with E-state index in [-0.39, 0.29) is 13.6 Å². The first-order chi connectivity index (χ1) is 3.41. The van der Waals surface area contributed by atoms with Gasteiger partial charge in [-0.3, -0.25) is 0 Å². The zero-order chi connectivity index (χ0) is 5.54. The van der Waals surface area contributed by atoms with Crippen molar-refractivity contribution in [3.63, 3.8) is 0 Å². The SMILES string of the molecule is [Si]OCOCO[Si]. The molecule has 0 aromatic carbocycles. The van der Waals surface area contributed by atoms with Crippen molar-refractivity contribution in [3.05, 3.63) is 0 Å². The molecule has 38 valence electrons. The molecule has 0 aromatic rings. The van der Waals surface area contributed by atoms with Crippen LogP contribution >= 0.6 is 0 Å². The molecule has 0 saturated heterocycles. The summed E-state index contributed by atoms with van der Waals surface area (Å²) in [6.45, 7) is 0.364. The van der Waals surface area contributed by atoms with Crippen LogP contribution in [-0.2, 0) is 13.6 Å². The Labute approximate surface area is 49.0 Å². The third-order valence-corrected chi connectivity index (χ3v) is 0.520. The second kappa shape index (κ2) is 6.31. The first-order valence-electron chi connectivity index (χ1n) is 1.56. The topological polar surface area (TPSA) is 27.7 Å². The zero-order valence-corrected chi connectivity index (χ0v) is 5.64. The van der Waals surface area contributed by atoms with Gasteiger partial charge >= 0.3 is 0 Å². The highest BCUT2D eigenvalue weighted by Gasteiger charge is 1.77. The van der Waals surface area contributed by atoms with Gasteiger partial charge in [0.25, 0.3) is 0 Å². The largest absolute Gasteiger partial charge is 0.397 e. The van der Waals surface area contributed by atoms with Gasteiger partial charge in [-0.15, -0.1) is 0 Å². The van der Waals surface area contributed by atoms with Gasteiger partial charge in [0.2, 0.25) is 21.0 Å². The van der Waals surface area contributed by atoms with Crippen LogP contribution in [0.3, 0.4) is 0 Å². The van der Waals surface area contributed by atoms with Gasteiger partial charge in [0.05, 0.1) is 0 Å². The van der Waals surface area contributed by atoms with Gasteiger partial charge in [0.1, 0.15) is 13.6 Å². The lowest BCUT2D eigenvalue weighted by Gasteiger charge is -1.97. The van der Waals surface area contributed by atoms with Crippen LogP contribution in [0.5, 0.6) is 0 Å². The highest BCUT2D eigenvalue weighted by Crippen LogP contribution is 1.71. The van der Waals surface area contributed by atoms with Crippen LogP contribution in [0.4, 0.5) is 0 Å². The standard InChI is InChI=1S/C2H4O3Si2/c6-4-1-3-2-5-7/h1-2H2. The van der Waals surface area contributed by atoms with Crippen molar-refractivity contribution in [2.24, 2.45) is 0 Å². The molecule has 0 amide bonds. The molecule has 0 atom stereocenters. The van der Waals surface area contributed by atoms with Gasteiger partial charge in [-0.25, -0.2) is 0 Å². The van der Waals surface area contributed by atoms with Crippen LogP contribution in [0.15, 0.2) is 0 Å². The van der Waals surface area contributed by atoms with E-state index in [1.54, 1.807) is 0 Å². The molecule has 5 heteroatoms. The minimum Gasteiger partial charge on any atom is -0.397 e. The fourth-order valence-electron chi connectivity index (χ4n) is 0.117. The zero-order valence-electron chi connectivity index (χ0n) is 3.64. The fraction of sp³-hybridized carbons (Fsp3) is 1.00. The first kappa shape index (κ1) is 7.31. The summed E-state index contributed by atoms with van der Waals surface area (Å²) in [5, 5.41) is 0. The number of rotatable bonds is 4. The molecule has 0 aromatic heterocycles. The molecule has 0 aliphatic carbocycles. The van der Waals surface area contributed by atoms with Crippen LogP contribution in [0.1, 0.15) is 0 Å². The second-order valence-corrected chi connectivity index (χ2v) is 1.31. The van der Waals surface area contributed by atoms with Crippen LogP contribution in [-0.4, -0.2) is 34.6 Å². The maximum atomic E-state index is 4.59. The minimum atomic E-state index is 0.182. The minimum absolute atomic E-state index is 0.182. The number of hydrogen-bond donors (Lipinski definition) is 0. The third-order valence-electron chi connectivity index (χ3n) is 0.285. The Hall–Kier alpha value is 0.314. The summed E-state index contributed by atoms with van der Waals surface area (Å²) in [7, 11) is 5.45. The van der Waals surface area contributed by atoms with Gasteiger partial charge in [-0.1, -0.05) is 0 Å². The van der Waals surface area contributed by atoms with Gasteiger partial charge < -0.3 is 13.6 Å². The van der Waals surface area contributed by atoms with Crippen molar-refractivity contribution < 1.29 is 13.6 Å². The van der Waals surface area contributed by atoms with Crippen LogP contribution in [0, 0.1) is 0 Å². The Morgan fingerprint density at radius 1 is 1.00 bits per heavy atom. The third kappa shape index (κ3) is 6.31. The normalized spacial score (nSPS) is 9.43. The first-order valence-corrected chi connectivity index (χ1v) is 2.38. The molecule has 0 unspecified atom stereocenters. The molecular formula is C2H4O3Si2. The van der Waals surface area contributed by atoms with Crippen LogP contribution < -0.4 is 0 Å². The fourth-order valence-corrected chi connectivity index (χ4v) is 0.284. The van der Waals surface area contributed by atoms with E-state index in [1.165, 1.54) is 0 Å². The molecule has 0 aliphatic heterocycles. The summed E-state index contributed by atoms with van der Waals surface area (Å²) < 4.78 is 13.2. The smallest absolute Gasteiger partial charge is 0.249 e. The molecule has 0 saturated carbocycles. The van der Waals surface area contributed by atoms with Gasteiger partial charge in [0.15, 0.2) is 0 Å². The van der Waals surface area contributed by atoms with Crippen LogP contribution in [0.2, 0.25) is 0 Å². The van der Waals surface area contributed by atoms with E-state index in [1.807, 2.05) is 0 Å². The Morgan fingerprint density at radius 3 is 1.71 bits per heavy atom. The maximum Gasteiger partial charge on any atom is 0.249 e. The monoisotopic (exact) mass is 132 g/mol. The molecule has 6 radical (unpaired) electrons. The highest BCUT2D eigenvalue weighted by atomic mass is 28.2. The Bertz CT molecular complexity index is 30.1. The molecule has 0 rings (SSSR count). The summed E-state index contributed by atoms with van der Waals surface area (Å²) in [6, 6.07) is 0. The van der Waals surface area contributed by atoms with Crippen molar-refractivity contribution in [3.8, 4) is 0 Å². The summed E-state index contributed by atoms with van der Waals surface area (Å²) in [5.41, 5.74) is 0. The lowest BCUT2D eigenvalue weighted by atomic mass is 11.4. The second-order valence-electron chi connectivity index (χ2n) is 0.729. The molecule has 0 aliphatic rings. The molecule has 7 heavy (non-hydrogen) atoms. The van der Waals surface area contributed by atoms with Gasteiger partial charge in [-0.05, 0) is 0 Å². The molecule has 0 spiro atoms. The van der Waals surface area contributed by atoms with E-state index in [0.717, 1.165) is 0 Å². The molecular weight excluding hydrogens is 128 g/mol. The Morgan fingerprint density at radius 2 is 1.43 bits per heavy atom. The summed E-state index contributed by atoms with van der Waals surface area (Å²) in [4.78, 5) is 0. The number of hydrogen-bond acceptors (Lipinski definition) is 3. The van der Waals surface area contributed by atoms with Crippen molar-refractivity contribution >= 4 is 21.0 Å². The van der Waals surface area contributed by atoms with Crippen LogP contribution in [0.25, 0.3) is 0 Å².